The van der Waals surface area contributed by atoms with Crippen molar-refractivity contribution in [3.8, 4) is 11.5 Å². The number of nitrogens with one attached hydrogen (secondary N) is 1. The first-order valence-electron chi connectivity index (χ1n) is 8.13. The van der Waals surface area contributed by atoms with E-state index in [9.17, 15) is 9.59 Å². The van der Waals surface area contributed by atoms with Crippen LogP contribution < -0.4 is 14.8 Å². The summed E-state index contributed by atoms with van der Waals surface area (Å²) in [5, 5.41) is 12.0. The molecule has 0 bridgehead atoms. The van der Waals surface area contributed by atoms with Crippen molar-refractivity contribution in [2.24, 2.45) is 0 Å². The minimum absolute atomic E-state index is 0.0752. The molecule has 24 heavy (non-hydrogen) atoms. The van der Waals surface area contributed by atoms with Gasteiger partial charge in [-0.3, -0.25) is 9.59 Å². The Morgan fingerprint density at radius 1 is 1.17 bits per heavy atom. The van der Waals surface area contributed by atoms with Gasteiger partial charge in [0, 0.05) is 12.0 Å². The Labute approximate surface area is 143 Å². The van der Waals surface area contributed by atoms with Gasteiger partial charge in [0.25, 0.3) is 0 Å². The van der Waals surface area contributed by atoms with Gasteiger partial charge in [-0.25, -0.2) is 0 Å². The van der Waals surface area contributed by atoms with E-state index < -0.39 is 11.5 Å². The van der Waals surface area contributed by atoms with E-state index in [1.54, 1.807) is 26.4 Å². The molecule has 0 saturated heterocycles. The predicted molar refractivity (Wildman–Crippen MR) is 91.6 cm³/mol. The topological polar surface area (TPSA) is 84.9 Å². The molecular weight excluding hydrogens is 310 g/mol. The molecule has 134 valence electrons. The number of aryl methyl sites for hydroxylation is 1. The van der Waals surface area contributed by atoms with E-state index in [1.165, 1.54) is 0 Å². The van der Waals surface area contributed by atoms with Crippen molar-refractivity contribution >= 4 is 11.9 Å². The maximum atomic E-state index is 12.3. The van der Waals surface area contributed by atoms with Crippen molar-refractivity contribution in [2.45, 2.75) is 51.5 Å². The van der Waals surface area contributed by atoms with Gasteiger partial charge in [-0.2, -0.15) is 0 Å². The standard InChI is InChI=1S/C18H27NO5/c1-5-18(6-2,12-17(21)22)19-16(20)10-7-13-11-14(23-3)8-9-15(13)24-4/h8-9,11H,5-7,10,12H2,1-4H3,(H,19,20)(H,21,22). The number of carboxylic acid groups (broad SMARTS) is 1. The average molecular weight is 337 g/mol. The highest BCUT2D eigenvalue weighted by Crippen LogP contribution is 2.25. The highest BCUT2D eigenvalue weighted by molar-refractivity contribution is 5.78. The summed E-state index contributed by atoms with van der Waals surface area (Å²) in [6.45, 7) is 3.77. The highest BCUT2D eigenvalue weighted by Gasteiger charge is 2.30. The summed E-state index contributed by atoms with van der Waals surface area (Å²) in [7, 11) is 3.17. The molecule has 1 aromatic rings. The first-order valence-corrected chi connectivity index (χ1v) is 8.13. The zero-order valence-electron chi connectivity index (χ0n) is 14.8. The summed E-state index contributed by atoms with van der Waals surface area (Å²) in [4.78, 5) is 23.4. The smallest absolute Gasteiger partial charge is 0.305 e. The molecule has 0 saturated carbocycles. The molecule has 6 heteroatoms. The number of ether oxygens (including phenoxy) is 2. The molecular formula is C18H27NO5. The Morgan fingerprint density at radius 2 is 1.83 bits per heavy atom. The second kappa shape index (κ2) is 9.15. The maximum Gasteiger partial charge on any atom is 0.305 e. The quantitative estimate of drug-likeness (QED) is 0.686. The number of carboxylic acids is 1. The van der Waals surface area contributed by atoms with Crippen LogP contribution >= 0.6 is 0 Å². The first kappa shape index (κ1) is 19.8. The molecule has 0 aromatic heterocycles. The van der Waals surface area contributed by atoms with Crippen LogP contribution in [0.15, 0.2) is 18.2 Å². The van der Waals surface area contributed by atoms with Crippen LogP contribution in [-0.4, -0.2) is 36.7 Å². The Bertz CT molecular complexity index is 567. The van der Waals surface area contributed by atoms with Gasteiger partial charge in [0.05, 0.1) is 20.6 Å². The fraction of sp³-hybridized carbons (Fsp3) is 0.556. The summed E-state index contributed by atoms with van der Waals surface area (Å²) >= 11 is 0. The number of rotatable bonds is 10. The van der Waals surface area contributed by atoms with Crippen LogP contribution in [0.25, 0.3) is 0 Å². The van der Waals surface area contributed by atoms with Gasteiger partial charge >= 0.3 is 5.97 Å². The molecule has 0 aliphatic carbocycles. The lowest BCUT2D eigenvalue weighted by Gasteiger charge is -2.31. The minimum atomic E-state index is -0.909. The summed E-state index contributed by atoms with van der Waals surface area (Å²) in [6, 6.07) is 5.45. The molecule has 6 nitrogen and oxygen atoms in total. The molecule has 0 radical (unpaired) electrons. The van der Waals surface area contributed by atoms with Gasteiger partial charge in [0.1, 0.15) is 11.5 Å². The van der Waals surface area contributed by atoms with Crippen molar-refractivity contribution in [1.29, 1.82) is 0 Å². The molecule has 0 unspecified atom stereocenters. The lowest BCUT2D eigenvalue weighted by Crippen LogP contribution is -2.49. The molecule has 0 heterocycles. The largest absolute Gasteiger partial charge is 0.497 e. The average Bonchev–Trinajstić information content (AvgIpc) is 2.58. The number of carbonyl (C=O) groups excluding carboxylic acids is 1. The van der Waals surface area contributed by atoms with Crippen molar-refractivity contribution in [1.82, 2.24) is 5.32 Å². The van der Waals surface area contributed by atoms with Gasteiger partial charge in [0.15, 0.2) is 0 Å². The molecule has 0 atom stereocenters. The Balaban J connectivity index is 2.76. The van der Waals surface area contributed by atoms with E-state index >= 15 is 0 Å². The van der Waals surface area contributed by atoms with E-state index in [0.717, 1.165) is 5.56 Å². The molecule has 0 fully saturated rings. The Kier molecular flexibility index (Phi) is 7.55. The van der Waals surface area contributed by atoms with Crippen LogP contribution in [0.2, 0.25) is 0 Å². The van der Waals surface area contributed by atoms with Crippen molar-refractivity contribution in [3.63, 3.8) is 0 Å². The van der Waals surface area contributed by atoms with Gasteiger partial charge in [0.2, 0.25) is 5.91 Å². The number of aliphatic carboxylic acids is 1. The van der Waals surface area contributed by atoms with Crippen LogP contribution in [0.1, 0.15) is 45.1 Å². The summed E-state index contributed by atoms with van der Waals surface area (Å²) in [6.07, 6.45) is 1.82. The number of hydrogen-bond donors (Lipinski definition) is 2. The third-order valence-corrected chi connectivity index (χ3v) is 4.36. The fourth-order valence-electron chi connectivity index (χ4n) is 2.69. The molecule has 1 aromatic carbocycles. The van der Waals surface area contributed by atoms with Gasteiger partial charge in [-0.1, -0.05) is 13.8 Å². The van der Waals surface area contributed by atoms with Crippen LogP contribution in [0.4, 0.5) is 0 Å². The third-order valence-electron chi connectivity index (χ3n) is 4.36. The molecule has 0 aliphatic rings. The van der Waals surface area contributed by atoms with E-state index in [0.29, 0.717) is 30.8 Å². The summed E-state index contributed by atoms with van der Waals surface area (Å²) in [5.74, 6) is 0.332. The van der Waals surface area contributed by atoms with E-state index in [1.807, 2.05) is 19.9 Å². The minimum Gasteiger partial charge on any atom is -0.497 e. The van der Waals surface area contributed by atoms with Gasteiger partial charge in [-0.05, 0) is 43.0 Å². The van der Waals surface area contributed by atoms with E-state index in [-0.39, 0.29) is 18.7 Å². The first-order chi connectivity index (χ1) is 11.4. The van der Waals surface area contributed by atoms with Crippen LogP contribution in [-0.2, 0) is 16.0 Å². The summed E-state index contributed by atoms with van der Waals surface area (Å²) in [5.41, 5.74) is 0.185. The van der Waals surface area contributed by atoms with Crippen molar-refractivity contribution < 1.29 is 24.2 Å². The molecule has 0 aliphatic heterocycles. The van der Waals surface area contributed by atoms with Crippen LogP contribution in [0.5, 0.6) is 11.5 Å². The highest BCUT2D eigenvalue weighted by atomic mass is 16.5. The number of carbonyl (C=O) groups is 2. The zero-order chi connectivity index (χ0) is 18.2. The van der Waals surface area contributed by atoms with E-state index in [4.69, 9.17) is 14.6 Å². The van der Waals surface area contributed by atoms with E-state index in [2.05, 4.69) is 5.32 Å². The SMILES string of the molecule is CCC(CC)(CC(=O)O)NC(=O)CCc1cc(OC)ccc1OC. The predicted octanol–water partition coefficient (Wildman–Crippen LogP) is 2.79. The Morgan fingerprint density at radius 3 is 2.33 bits per heavy atom. The second-order valence-corrected chi connectivity index (χ2v) is 5.78. The lowest BCUT2D eigenvalue weighted by molar-refractivity contribution is -0.139. The van der Waals surface area contributed by atoms with Gasteiger partial charge < -0.3 is 19.9 Å². The molecule has 1 amide bonds. The third kappa shape index (κ3) is 5.44. The number of benzene rings is 1. The number of methoxy groups -OCH3 is 2. The van der Waals surface area contributed by atoms with Crippen LogP contribution in [0.3, 0.4) is 0 Å². The lowest BCUT2D eigenvalue weighted by atomic mass is 9.88. The zero-order valence-corrected chi connectivity index (χ0v) is 14.8. The normalized spacial score (nSPS) is 11.0. The molecule has 1 rings (SSSR count). The molecule has 2 N–H and O–H groups in total. The van der Waals surface area contributed by atoms with Crippen molar-refractivity contribution in [2.75, 3.05) is 14.2 Å². The number of hydrogen-bond acceptors (Lipinski definition) is 4. The monoisotopic (exact) mass is 337 g/mol. The fourth-order valence-corrected chi connectivity index (χ4v) is 2.69. The van der Waals surface area contributed by atoms with Gasteiger partial charge in [-0.15, -0.1) is 0 Å². The second-order valence-electron chi connectivity index (χ2n) is 5.78. The maximum absolute atomic E-state index is 12.3. The van der Waals surface area contributed by atoms with Crippen molar-refractivity contribution in [3.05, 3.63) is 23.8 Å². The van der Waals surface area contributed by atoms with Crippen LogP contribution in [0, 0.1) is 0 Å². The number of amides is 1. The Hall–Kier alpha value is -2.24. The summed E-state index contributed by atoms with van der Waals surface area (Å²) < 4.78 is 10.5. The molecule has 0 spiro atoms.